The molecule has 1 N–H and O–H groups in total. The van der Waals surface area contributed by atoms with Gasteiger partial charge in [0.05, 0.1) is 6.21 Å². The minimum Gasteiger partial charge on any atom is -0.489 e. The molecule has 0 saturated heterocycles. The highest BCUT2D eigenvalue weighted by atomic mass is 79.9. The van der Waals surface area contributed by atoms with E-state index in [0.717, 1.165) is 21.3 Å². The molecule has 0 radical (unpaired) electrons. The number of hydrazone groups is 1. The average molecular weight is 423 g/mol. The summed E-state index contributed by atoms with van der Waals surface area (Å²) in [5, 5.41) is 3.99. The number of hydrogen-bond donors (Lipinski definition) is 1. The summed E-state index contributed by atoms with van der Waals surface area (Å²) in [5.41, 5.74) is 6.16. The number of benzene rings is 3. The monoisotopic (exact) mass is 422 g/mol. The zero-order valence-corrected chi connectivity index (χ0v) is 16.4. The van der Waals surface area contributed by atoms with Crippen molar-refractivity contribution in [2.24, 2.45) is 5.10 Å². The first-order chi connectivity index (χ1) is 13.1. The first-order valence-electron chi connectivity index (χ1n) is 8.47. The van der Waals surface area contributed by atoms with Crippen molar-refractivity contribution < 1.29 is 9.53 Å². The highest BCUT2D eigenvalue weighted by molar-refractivity contribution is 9.10. The molecule has 0 fully saturated rings. The zero-order chi connectivity index (χ0) is 19.1. The zero-order valence-electron chi connectivity index (χ0n) is 14.9. The van der Waals surface area contributed by atoms with Crippen LogP contribution in [0.2, 0.25) is 0 Å². The Bertz CT molecular complexity index is 935. The molecule has 27 heavy (non-hydrogen) atoms. The van der Waals surface area contributed by atoms with E-state index < -0.39 is 0 Å². The van der Waals surface area contributed by atoms with Crippen LogP contribution in [-0.4, -0.2) is 12.1 Å². The summed E-state index contributed by atoms with van der Waals surface area (Å²) in [7, 11) is 0. The summed E-state index contributed by atoms with van der Waals surface area (Å²) in [4.78, 5) is 12.2. The third-order valence-electron chi connectivity index (χ3n) is 3.87. The van der Waals surface area contributed by atoms with Crippen molar-refractivity contribution in [2.45, 2.75) is 13.5 Å². The highest BCUT2D eigenvalue weighted by Crippen LogP contribution is 2.14. The second-order valence-corrected chi connectivity index (χ2v) is 6.97. The van der Waals surface area contributed by atoms with Gasteiger partial charge in [0.2, 0.25) is 0 Å². The maximum Gasteiger partial charge on any atom is 0.271 e. The van der Waals surface area contributed by atoms with Gasteiger partial charge in [-0.15, -0.1) is 0 Å². The average Bonchev–Trinajstić information content (AvgIpc) is 2.68. The number of halogens is 1. The molecule has 0 unspecified atom stereocenters. The molecule has 3 aromatic carbocycles. The molecule has 4 nitrogen and oxygen atoms in total. The summed E-state index contributed by atoms with van der Waals surface area (Å²) in [6, 6.07) is 22.8. The number of amides is 1. The predicted molar refractivity (Wildman–Crippen MR) is 111 cm³/mol. The maximum absolute atomic E-state index is 12.2. The van der Waals surface area contributed by atoms with E-state index in [4.69, 9.17) is 4.74 Å². The lowest BCUT2D eigenvalue weighted by Crippen LogP contribution is -2.17. The van der Waals surface area contributed by atoms with Gasteiger partial charge in [-0.25, -0.2) is 5.43 Å². The van der Waals surface area contributed by atoms with Gasteiger partial charge in [0, 0.05) is 10.0 Å². The van der Waals surface area contributed by atoms with E-state index >= 15 is 0 Å². The van der Waals surface area contributed by atoms with Crippen LogP contribution in [0.5, 0.6) is 5.75 Å². The van der Waals surface area contributed by atoms with Gasteiger partial charge in [0.1, 0.15) is 12.4 Å². The van der Waals surface area contributed by atoms with E-state index in [1.165, 1.54) is 5.56 Å². The maximum atomic E-state index is 12.2. The minimum atomic E-state index is -0.257. The molecule has 0 spiro atoms. The van der Waals surface area contributed by atoms with Crippen molar-refractivity contribution in [2.75, 3.05) is 0 Å². The lowest BCUT2D eigenvalue weighted by molar-refractivity contribution is 0.0955. The largest absolute Gasteiger partial charge is 0.489 e. The second-order valence-electron chi connectivity index (χ2n) is 6.05. The van der Waals surface area contributed by atoms with Crippen LogP contribution in [0.3, 0.4) is 0 Å². The Balaban J connectivity index is 1.53. The third-order valence-corrected chi connectivity index (χ3v) is 4.36. The SMILES string of the molecule is Cc1ccc(OCc2ccc(C(=O)N/N=C\c3cccc(Br)c3)cc2)cc1. The first kappa shape index (κ1) is 18.9. The highest BCUT2D eigenvalue weighted by Gasteiger charge is 2.04. The van der Waals surface area contributed by atoms with Crippen molar-refractivity contribution in [1.82, 2.24) is 5.43 Å². The Morgan fingerprint density at radius 2 is 1.81 bits per heavy atom. The standard InChI is InChI=1S/C22H19BrN2O2/c1-16-5-11-21(12-6-16)27-15-17-7-9-19(10-8-17)22(26)25-24-14-18-3-2-4-20(23)13-18/h2-14H,15H2,1H3,(H,25,26)/b24-14-. The van der Waals surface area contributed by atoms with E-state index in [0.29, 0.717) is 12.2 Å². The van der Waals surface area contributed by atoms with Gasteiger partial charge in [-0.05, 0) is 54.4 Å². The number of carbonyl (C=O) groups is 1. The molecule has 0 atom stereocenters. The molecule has 136 valence electrons. The van der Waals surface area contributed by atoms with Crippen LogP contribution in [-0.2, 0) is 6.61 Å². The van der Waals surface area contributed by atoms with Gasteiger partial charge >= 0.3 is 0 Å². The van der Waals surface area contributed by atoms with Gasteiger partial charge in [-0.1, -0.05) is 57.9 Å². The summed E-state index contributed by atoms with van der Waals surface area (Å²) in [6.45, 7) is 2.49. The molecule has 0 aliphatic rings. The smallest absolute Gasteiger partial charge is 0.271 e. The number of aryl methyl sites for hydroxylation is 1. The summed E-state index contributed by atoms with van der Waals surface area (Å²) in [5.74, 6) is 0.566. The van der Waals surface area contributed by atoms with Gasteiger partial charge in [0.25, 0.3) is 5.91 Å². The number of ether oxygens (including phenoxy) is 1. The molecule has 0 heterocycles. The van der Waals surface area contributed by atoms with Crippen LogP contribution >= 0.6 is 15.9 Å². The Kier molecular flexibility index (Phi) is 6.39. The van der Waals surface area contributed by atoms with Crippen LogP contribution < -0.4 is 10.2 Å². The van der Waals surface area contributed by atoms with E-state index in [2.05, 4.69) is 26.5 Å². The van der Waals surface area contributed by atoms with Crippen LogP contribution in [0.4, 0.5) is 0 Å². The third kappa shape index (κ3) is 5.79. The molecule has 0 saturated carbocycles. The number of nitrogens with zero attached hydrogens (tertiary/aromatic N) is 1. The predicted octanol–water partition coefficient (Wildman–Crippen LogP) is 5.10. The topological polar surface area (TPSA) is 50.7 Å². The molecule has 0 aliphatic heterocycles. The quantitative estimate of drug-likeness (QED) is 0.443. The van der Waals surface area contributed by atoms with Crippen molar-refractivity contribution in [3.63, 3.8) is 0 Å². The lowest BCUT2D eigenvalue weighted by atomic mass is 10.1. The Morgan fingerprint density at radius 1 is 1.07 bits per heavy atom. The van der Waals surface area contributed by atoms with Crippen LogP contribution in [0.15, 0.2) is 82.4 Å². The molecular weight excluding hydrogens is 404 g/mol. The van der Waals surface area contributed by atoms with E-state index in [9.17, 15) is 4.79 Å². The van der Waals surface area contributed by atoms with Crippen molar-refractivity contribution in [1.29, 1.82) is 0 Å². The van der Waals surface area contributed by atoms with Gasteiger partial charge < -0.3 is 4.74 Å². The first-order valence-corrected chi connectivity index (χ1v) is 9.27. The molecule has 0 aliphatic carbocycles. The fourth-order valence-electron chi connectivity index (χ4n) is 2.37. The van der Waals surface area contributed by atoms with Crippen LogP contribution in [0.25, 0.3) is 0 Å². The Morgan fingerprint density at radius 3 is 2.52 bits per heavy atom. The summed E-state index contributed by atoms with van der Waals surface area (Å²) >= 11 is 3.40. The van der Waals surface area contributed by atoms with E-state index in [-0.39, 0.29) is 5.91 Å². The van der Waals surface area contributed by atoms with Gasteiger partial charge in [-0.3, -0.25) is 4.79 Å². The normalized spacial score (nSPS) is 10.7. The second kappa shape index (κ2) is 9.14. The number of carbonyl (C=O) groups excluding carboxylic acids is 1. The molecule has 0 bridgehead atoms. The molecular formula is C22H19BrN2O2. The molecule has 1 amide bonds. The lowest BCUT2D eigenvalue weighted by Gasteiger charge is -2.07. The van der Waals surface area contributed by atoms with Gasteiger partial charge in [0.15, 0.2) is 0 Å². The van der Waals surface area contributed by atoms with E-state index in [1.54, 1.807) is 18.3 Å². The fourth-order valence-corrected chi connectivity index (χ4v) is 2.79. The molecule has 0 aromatic heterocycles. The Labute approximate surface area is 167 Å². The fraction of sp³-hybridized carbons (Fsp3) is 0.0909. The van der Waals surface area contributed by atoms with E-state index in [1.807, 2.05) is 67.6 Å². The summed E-state index contributed by atoms with van der Waals surface area (Å²) < 4.78 is 6.70. The molecule has 3 aromatic rings. The molecule has 5 heteroatoms. The van der Waals surface area contributed by atoms with Crippen molar-refractivity contribution in [3.05, 3.63) is 99.5 Å². The van der Waals surface area contributed by atoms with Crippen LogP contribution in [0, 0.1) is 6.92 Å². The van der Waals surface area contributed by atoms with Crippen LogP contribution in [0.1, 0.15) is 27.0 Å². The molecule has 3 rings (SSSR count). The summed E-state index contributed by atoms with van der Waals surface area (Å²) in [6.07, 6.45) is 1.60. The van der Waals surface area contributed by atoms with Gasteiger partial charge in [-0.2, -0.15) is 5.10 Å². The van der Waals surface area contributed by atoms with Crippen molar-refractivity contribution in [3.8, 4) is 5.75 Å². The minimum absolute atomic E-state index is 0.257. The Hall–Kier alpha value is -2.92. The number of nitrogens with one attached hydrogen (secondary N) is 1. The number of hydrogen-bond acceptors (Lipinski definition) is 3. The number of rotatable bonds is 6. The van der Waals surface area contributed by atoms with Crippen molar-refractivity contribution >= 4 is 28.1 Å².